The third-order valence-electron chi connectivity index (χ3n) is 3.04. The molecule has 102 valence electrons. The number of nitrogen functional groups attached to an aromatic ring is 1. The van der Waals surface area contributed by atoms with Crippen molar-refractivity contribution >= 4 is 16.5 Å². The number of hydrogen-bond acceptors (Lipinski definition) is 5. The second kappa shape index (κ2) is 5.02. The lowest BCUT2D eigenvalue weighted by Gasteiger charge is -2.29. The zero-order chi connectivity index (χ0) is 13.3. The number of nitrogens with zero attached hydrogens (tertiary/aromatic N) is 2. The van der Waals surface area contributed by atoms with E-state index in [-0.39, 0.29) is 0 Å². The van der Waals surface area contributed by atoms with E-state index in [9.17, 15) is 18.3 Å². The number of rotatable bonds is 3. The molecule has 1 aromatic rings. The summed E-state index contributed by atoms with van der Waals surface area (Å²) in [6.07, 6.45) is -4.28. The lowest BCUT2D eigenvalue weighted by Crippen LogP contribution is -2.46. The maximum Gasteiger partial charge on any atom is 0.415 e. The molecular formula is C10H14F3N3OS. The van der Waals surface area contributed by atoms with Gasteiger partial charge < -0.3 is 10.8 Å². The number of anilines is 1. The Morgan fingerprint density at radius 2 is 2.33 bits per heavy atom. The molecule has 1 saturated heterocycles. The summed E-state index contributed by atoms with van der Waals surface area (Å²) in [5.74, 6) is 0. The fraction of sp³-hybridized carbons (Fsp3) is 0.700. The van der Waals surface area contributed by atoms with Gasteiger partial charge in [0.25, 0.3) is 0 Å². The zero-order valence-corrected chi connectivity index (χ0v) is 10.3. The first-order chi connectivity index (χ1) is 8.38. The predicted octanol–water partition coefficient (Wildman–Crippen LogP) is 1.61. The number of alkyl halides is 3. The Morgan fingerprint density at radius 3 is 2.89 bits per heavy atom. The van der Waals surface area contributed by atoms with Crippen molar-refractivity contribution in [1.29, 1.82) is 0 Å². The maximum absolute atomic E-state index is 12.5. The van der Waals surface area contributed by atoms with Gasteiger partial charge >= 0.3 is 6.18 Å². The molecule has 0 saturated carbocycles. The summed E-state index contributed by atoms with van der Waals surface area (Å²) in [4.78, 5) is 6.32. The third kappa shape index (κ3) is 2.93. The smallest absolute Gasteiger partial charge is 0.382 e. The largest absolute Gasteiger partial charge is 0.415 e. The average molecular weight is 281 g/mol. The number of nitrogens with two attached hydrogens (primary N) is 1. The minimum atomic E-state index is -4.57. The molecule has 0 bridgehead atoms. The van der Waals surface area contributed by atoms with Gasteiger partial charge in [-0.05, 0) is 19.4 Å². The molecule has 0 radical (unpaired) electrons. The van der Waals surface area contributed by atoms with Crippen LogP contribution < -0.4 is 5.73 Å². The van der Waals surface area contributed by atoms with E-state index in [4.69, 9.17) is 5.73 Å². The predicted molar refractivity (Wildman–Crippen MR) is 62.0 cm³/mol. The summed E-state index contributed by atoms with van der Waals surface area (Å²) in [5, 5.41) is 9.74. The summed E-state index contributed by atoms with van der Waals surface area (Å²) in [6, 6.07) is -0.867. The van der Waals surface area contributed by atoms with Gasteiger partial charge in [0.05, 0.1) is 0 Å². The Balaban J connectivity index is 2.04. The van der Waals surface area contributed by atoms with Gasteiger partial charge in [0.2, 0.25) is 0 Å². The van der Waals surface area contributed by atoms with Gasteiger partial charge in [-0.2, -0.15) is 13.2 Å². The second-order valence-corrected chi connectivity index (χ2v) is 5.48. The van der Waals surface area contributed by atoms with Crippen LogP contribution in [0.3, 0.4) is 0 Å². The molecule has 0 amide bonds. The monoisotopic (exact) mass is 281 g/mol. The van der Waals surface area contributed by atoms with Crippen molar-refractivity contribution < 1.29 is 18.3 Å². The van der Waals surface area contributed by atoms with Crippen LogP contribution in [0.15, 0.2) is 6.20 Å². The van der Waals surface area contributed by atoms with Crippen LogP contribution in [-0.2, 0) is 6.54 Å². The van der Waals surface area contributed by atoms with E-state index in [1.807, 2.05) is 0 Å². The van der Waals surface area contributed by atoms with E-state index in [0.29, 0.717) is 31.1 Å². The first-order valence-corrected chi connectivity index (χ1v) is 6.38. The van der Waals surface area contributed by atoms with Crippen molar-refractivity contribution in [3.05, 3.63) is 11.1 Å². The second-order valence-electron chi connectivity index (χ2n) is 4.33. The van der Waals surface area contributed by atoms with Crippen LogP contribution in [0.25, 0.3) is 0 Å². The molecule has 4 nitrogen and oxygen atoms in total. The molecule has 0 aromatic carbocycles. The standard InChI is InChI=1S/C10H14F3N3OS/c11-10(12,13)8(17)7-2-1-3-16(7)5-6-4-15-9(14)18-6/h4,7-8,17H,1-3,5H2,(H2,14,15). The highest BCUT2D eigenvalue weighted by molar-refractivity contribution is 7.15. The quantitative estimate of drug-likeness (QED) is 0.883. The van der Waals surface area contributed by atoms with Crippen molar-refractivity contribution in [3.8, 4) is 0 Å². The van der Waals surface area contributed by atoms with Crippen molar-refractivity contribution in [2.75, 3.05) is 12.3 Å². The molecule has 0 aliphatic carbocycles. The van der Waals surface area contributed by atoms with E-state index in [1.54, 1.807) is 11.1 Å². The molecule has 8 heteroatoms. The lowest BCUT2D eigenvalue weighted by molar-refractivity contribution is -0.219. The minimum absolute atomic E-state index is 0.354. The Labute approximate surface area is 106 Å². The number of aromatic nitrogens is 1. The van der Waals surface area contributed by atoms with E-state index < -0.39 is 18.3 Å². The Morgan fingerprint density at radius 1 is 1.61 bits per heavy atom. The highest BCUT2D eigenvalue weighted by Gasteiger charge is 2.46. The number of thiazole rings is 1. The van der Waals surface area contributed by atoms with Gasteiger partial charge in [0.15, 0.2) is 11.2 Å². The summed E-state index contributed by atoms with van der Waals surface area (Å²) < 4.78 is 37.5. The summed E-state index contributed by atoms with van der Waals surface area (Å²) in [6.45, 7) is 0.905. The SMILES string of the molecule is Nc1ncc(CN2CCCC2C(O)C(F)(F)F)s1. The Bertz CT molecular complexity index is 409. The van der Waals surface area contributed by atoms with Crippen LogP contribution in [0, 0.1) is 0 Å². The summed E-state index contributed by atoms with van der Waals surface area (Å²) in [7, 11) is 0. The molecule has 1 aliphatic heterocycles. The molecule has 0 spiro atoms. The minimum Gasteiger partial charge on any atom is -0.382 e. The molecule has 1 aliphatic rings. The van der Waals surface area contributed by atoms with E-state index >= 15 is 0 Å². The van der Waals surface area contributed by atoms with Gasteiger partial charge in [0.1, 0.15) is 0 Å². The first-order valence-electron chi connectivity index (χ1n) is 5.57. The number of aliphatic hydroxyl groups is 1. The Kier molecular flexibility index (Phi) is 3.79. The van der Waals surface area contributed by atoms with Gasteiger partial charge in [-0.3, -0.25) is 4.90 Å². The van der Waals surface area contributed by atoms with Crippen LogP contribution in [0.2, 0.25) is 0 Å². The number of aliphatic hydroxyl groups excluding tert-OH is 1. The molecule has 2 atom stereocenters. The maximum atomic E-state index is 12.5. The van der Waals surface area contributed by atoms with Crippen molar-refractivity contribution in [2.45, 2.75) is 37.7 Å². The van der Waals surface area contributed by atoms with Gasteiger partial charge in [-0.15, -0.1) is 11.3 Å². The van der Waals surface area contributed by atoms with E-state index in [0.717, 1.165) is 4.88 Å². The molecule has 2 unspecified atom stereocenters. The van der Waals surface area contributed by atoms with Crippen molar-refractivity contribution in [1.82, 2.24) is 9.88 Å². The van der Waals surface area contributed by atoms with Crippen LogP contribution in [0.1, 0.15) is 17.7 Å². The van der Waals surface area contributed by atoms with E-state index in [1.165, 1.54) is 11.3 Å². The highest BCUT2D eigenvalue weighted by atomic mass is 32.1. The molecule has 2 rings (SSSR count). The molecule has 18 heavy (non-hydrogen) atoms. The summed E-state index contributed by atoms with van der Waals surface area (Å²) in [5.41, 5.74) is 5.48. The normalized spacial score (nSPS) is 23.4. The number of hydrogen-bond donors (Lipinski definition) is 2. The molecule has 2 heterocycles. The van der Waals surface area contributed by atoms with Crippen LogP contribution >= 0.6 is 11.3 Å². The lowest BCUT2D eigenvalue weighted by atomic mass is 10.1. The first kappa shape index (κ1) is 13.6. The van der Waals surface area contributed by atoms with Crippen LogP contribution in [-0.4, -0.2) is 39.9 Å². The van der Waals surface area contributed by atoms with Crippen molar-refractivity contribution in [2.24, 2.45) is 0 Å². The van der Waals surface area contributed by atoms with Crippen molar-refractivity contribution in [3.63, 3.8) is 0 Å². The topological polar surface area (TPSA) is 62.4 Å². The molecule has 3 N–H and O–H groups in total. The third-order valence-corrected chi connectivity index (χ3v) is 3.86. The molecule has 1 fully saturated rings. The number of likely N-dealkylation sites (tertiary alicyclic amines) is 1. The number of halogens is 3. The fourth-order valence-corrected chi connectivity index (χ4v) is 2.93. The van der Waals surface area contributed by atoms with Crippen LogP contribution in [0.4, 0.5) is 18.3 Å². The molecular weight excluding hydrogens is 267 g/mol. The van der Waals surface area contributed by atoms with Crippen LogP contribution in [0.5, 0.6) is 0 Å². The van der Waals surface area contributed by atoms with Gasteiger partial charge in [-0.1, -0.05) is 0 Å². The fourth-order valence-electron chi connectivity index (χ4n) is 2.22. The van der Waals surface area contributed by atoms with Gasteiger partial charge in [-0.25, -0.2) is 4.98 Å². The van der Waals surface area contributed by atoms with Gasteiger partial charge in [0, 0.05) is 23.7 Å². The average Bonchev–Trinajstić information content (AvgIpc) is 2.86. The van der Waals surface area contributed by atoms with E-state index in [2.05, 4.69) is 4.98 Å². The Hall–Kier alpha value is -0.860. The summed E-state index contributed by atoms with van der Waals surface area (Å²) >= 11 is 1.26. The highest BCUT2D eigenvalue weighted by Crippen LogP contribution is 2.32. The zero-order valence-electron chi connectivity index (χ0n) is 9.52. The molecule has 1 aromatic heterocycles.